The van der Waals surface area contributed by atoms with E-state index in [0.29, 0.717) is 0 Å². The number of carbonyl (C=O) groups is 1. The van der Waals surface area contributed by atoms with Crippen molar-refractivity contribution in [1.82, 2.24) is 0 Å². The molecule has 0 N–H and O–H groups in total. The Morgan fingerprint density at radius 3 is 2.80 bits per heavy atom. The molecule has 0 saturated heterocycles. The number of carbonyl (C=O) groups excluding carboxylic acids is 1. The molecular weight excluding hydrogens is 205 g/mol. The van der Waals surface area contributed by atoms with Crippen LogP contribution in [-0.4, -0.2) is 10.9 Å². The summed E-state index contributed by atoms with van der Waals surface area (Å²) < 4.78 is 17.4. The van der Waals surface area contributed by atoms with Crippen LogP contribution in [0.25, 0.3) is 0 Å². The molecule has 6 heteroatoms. The molecule has 78 valence electrons. The maximum Gasteiger partial charge on any atom is 0.335 e. The minimum atomic E-state index is -0.988. The number of hydrogen-bond donors (Lipinski definition) is 0. The molecule has 0 heterocycles. The first-order valence-corrected chi connectivity index (χ1v) is 3.83. The number of benzene rings is 1. The number of ether oxygens (including phenoxy) is 1. The van der Waals surface area contributed by atoms with Gasteiger partial charge in [-0.05, 0) is 12.1 Å². The molecule has 0 aliphatic heterocycles. The summed E-state index contributed by atoms with van der Waals surface area (Å²) in [5.41, 5.74) is -0.746. The second kappa shape index (κ2) is 4.32. The van der Waals surface area contributed by atoms with Crippen LogP contribution in [-0.2, 0) is 4.79 Å². The SMILES string of the molecule is C=CC(=O)Oc1ccc(F)c([N+](=O)[O-])c1. The topological polar surface area (TPSA) is 69.4 Å². The summed E-state index contributed by atoms with van der Waals surface area (Å²) in [6.45, 7) is 3.15. The highest BCUT2D eigenvalue weighted by atomic mass is 19.1. The first-order valence-electron chi connectivity index (χ1n) is 3.83. The van der Waals surface area contributed by atoms with Crippen LogP contribution in [0.5, 0.6) is 5.75 Å². The average molecular weight is 211 g/mol. The third-order valence-corrected chi connectivity index (χ3v) is 1.50. The molecule has 0 spiro atoms. The molecular formula is C9H6FNO4. The zero-order chi connectivity index (χ0) is 11.4. The van der Waals surface area contributed by atoms with Crippen molar-refractivity contribution in [1.29, 1.82) is 0 Å². The lowest BCUT2D eigenvalue weighted by Gasteiger charge is -2.00. The highest BCUT2D eigenvalue weighted by Crippen LogP contribution is 2.23. The highest BCUT2D eigenvalue weighted by Gasteiger charge is 2.15. The van der Waals surface area contributed by atoms with E-state index in [9.17, 15) is 19.3 Å². The van der Waals surface area contributed by atoms with Gasteiger partial charge in [-0.25, -0.2) is 4.79 Å². The van der Waals surface area contributed by atoms with E-state index >= 15 is 0 Å². The van der Waals surface area contributed by atoms with Crippen molar-refractivity contribution >= 4 is 11.7 Å². The molecule has 1 aromatic carbocycles. The summed E-state index contributed by atoms with van der Waals surface area (Å²) in [4.78, 5) is 20.2. The van der Waals surface area contributed by atoms with Gasteiger partial charge in [0, 0.05) is 6.08 Å². The maximum atomic E-state index is 12.8. The fourth-order valence-corrected chi connectivity index (χ4v) is 0.854. The molecule has 0 aliphatic rings. The number of rotatable bonds is 3. The van der Waals surface area contributed by atoms with Crippen LogP contribution in [0.2, 0.25) is 0 Å². The van der Waals surface area contributed by atoms with E-state index in [1.807, 2.05) is 0 Å². The highest BCUT2D eigenvalue weighted by molar-refractivity contribution is 5.83. The van der Waals surface area contributed by atoms with Crippen molar-refractivity contribution in [3.8, 4) is 5.75 Å². The summed E-state index contributed by atoms with van der Waals surface area (Å²) >= 11 is 0. The van der Waals surface area contributed by atoms with Crippen molar-refractivity contribution in [2.75, 3.05) is 0 Å². The summed E-state index contributed by atoms with van der Waals surface area (Å²) in [7, 11) is 0. The maximum absolute atomic E-state index is 12.8. The van der Waals surface area contributed by atoms with E-state index in [-0.39, 0.29) is 5.75 Å². The molecule has 0 amide bonds. The van der Waals surface area contributed by atoms with Crippen LogP contribution in [0.4, 0.5) is 10.1 Å². The van der Waals surface area contributed by atoms with Gasteiger partial charge >= 0.3 is 11.7 Å². The quantitative estimate of drug-likeness (QED) is 0.251. The molecule has 0 atom stereocenters. The molecule has 0 bridgehead atoms. The standard InChI is InChI=1S/C9H6FNO4/c1-2-9(12)15-6-3-4-7(10)8(5-6)11(13)14/h2-5H,1H2. The Morgan fingerprint density at radius 1 is 1.60 bits per heavy atom. The first kappa shape index (κ1) is 10.8. The first-order chi connectivity index (χ1) is 7.04. The number of hydrogen-bond acceptors (Lipinski definition) is 4. The van der Waals surface area contributed by atoms with Crippen molar-refractivity contribution in [2.45, 2.75) is 0 Å². The summed E-state index contributed by atoms with van der Waals surface area (Å²) in [5, 5.41) is 10.3. The smallest absolute Gasteiger partial charge is 0.335 e. The van der Waals surface area contributed by atoms with Gasteiger partial charge in [0.25, 0.3) is 0 Å². The van der Waals surface area contributed by atoms with Crippen LogP contribution < -0.4 is 4.74 Å². The summed E-state index contributed by atoms with van der Waals surface area (Å²) in [6.07, 6.45) is 0.898. The minimum Gasteiger partial charge on any atom is -0.423 e. The molecule has 0 fully saturated rings. The van der Waals surface area contributed by atoms with Gasteiger partial charge in [0.15, 0.2) is 0 Å². The van der Waals surface area contributed by atoms with E-state index in [1.54, 1.807) is 0 Å². The molecule has 1 rings (SSSR count). The Bertz CT molecular complexity index is 430. The van der Waals surface area contributed by atoms with Crippen LogP contribution in [0.3, 0.4) is 0 Å². The van der Waals surface area contributed by atoms with Crippen molar-refractivity contribution in [3.63, 3.8) is 0 Å². The van der Waals surface area contributed by atoms with E-state index in [0.717, 1.165) is 24.3 Å². The van der Waals surface area contributed by atoms with E-state index < -0.39 is 22.4 Å². The van der Waals surface area contributed by atoms with Gasteiger partial charge in [-0.3, -0.25) is 10.1 Å². The number of nitrogens with zero attached hydrogens (tertiary/aromatic N) is 1. The molecule has 0 aliphatic carbocycles. The largest absolute Gasteiger partial charge is 0.423 e. The number of halogens is 1. The molecule has 1 aromatic rings. The molecule has 0 radical (unpaired) electrons. The summed E-state index contributed by atoms with van der Waals surface area (Å²) in [5.74, 6) is -1.86. The van der Waals surface area contributed by atoms with Crippen LogP contribution >= 0.6 is 0 Å². The number of nitro benzene ring substituents is 1. The lowest BCUT2D eigenvalue weighted by atomic mass is 10.3. The third-order valence-electron chi connectivity index (χ3n) is 1.50. The molecule has 5 nitrogen and oxygen atoms in total. The normalized spacial score (nSPS) is 9.40. The second-order valence-corrected chi connectivity index (χ2v) is 2.50. The summed E-state index contributed by atoms with van der Waals surface area (Å²) in [6, 6.07) is 2.80. The van der Waals surface area contributed by atoms with Gasteiger partial charge in [-0.2, -0.15) is 4.39 Å². The Morgan fingerprint density at radius 2 is 2.27 bits per heavy atom. The van der Waals surface area contributed by atoms with E-state index in [2.05, 4.69) is 11.3 Å². The Labute approximate surface area is 83.9 Å². The van der Waals surface area contributed by atoms with Gasteiger partial charge in [0.1, 0.15) is 5.75 Å². The fourth-order valence-electron chi connectivity index (χ4n) is 0.854. The molecule has 15 heavy (non-hydrogen) atoms. The molecule has 0 saturated carbocycles. The monoisotopic (exact) mass is 211 g/mol. The zero-order valence-electron chi connectivity index (χ0n) is 7.47. The van der Waals surface area contributed by atoms with Gasteiger partial charge < -0.3 is 4.74 Å². The minimum absolute atomic E-state index is 0.104. The Kier molecular flexibility index (Phi) is 3.12. The Balaban J connectivity index is 3.02. The predicted octanol–water partition coefficient (Wildman–Crippen LogP) is 1.83. The van der Waals surface area contributed by atoms with Crippen LogP contribution in [0, 0.1) is 15.9 Å². The second-order valence-electron chi connectivity index (χ2n) is 2.50. The van der Waals surface area contributed by atoms with Crippen LogP contribution in [0.15, 0.2) is 30.9 Å². The fraction of sp³-hybridized carbons (Fsp3) is 0. The lowest BCUT2D eigenvalue weighted by Crippen LogP contribution is -2.03. The van der Waals surface area contributed by atoms with E-state index in [1.165, 1.54) is 0 Å². The third kappa shape index (κ3) is 2.60. The number of nitro groups is 1. The van der Waals surface area contributed by atoms with Crippen molar-refractivity contribution in [2.24, 2.45) is 0 Å². The van der Waals surface area contributed by atoms with Crippen molar-refractivity contribution < 1.29 is 18.8 Å². The van der Waals surface area contributed by atoms with Gasteiger partial charge in [0.05, 0.1) is 11.0 Å². The van der Waals surface area contributed by atoms with Crippen LogP contribution in [0.1, 0.15) is 0 Å². The number of esters is 1. The van der Waals surface area contributed by atoms with Gasteiger partial charge in [0.2, 0.25) is 5.82 Å². The van der Waals surface area contributed by atoms with E-state index in [4.69, 9.17) is 0 Å². The van der Waals surface area contributed by atoms with Gasteiger partial charge in [-0.15, -0.1) is 0 Å². The molecule has 0 unspecified atom stereocenters. The predicted molar refractivity (Wildman–Crippen MR) is 48.9 cm³/mol. The molecule has 0 aromatic heterocycles. The average Bonchev–Trinajstić information content (AvgIpc) is 2.20. The lowest BCUT2D eigenvalue weighted by molar-refractivity contribution is -0.387. The zero-order valence-corrected chi connectivity index (χ0v) is 7.47. The Hall–Kier alpha value is -2.24. The van der Waals surface area contributed by atoms with Crippen molar-refractivity contribution in [3.05, 3.63) is 46.8 Å². The van der Waals surface area contributed by atoms with Gasteiger partial charge in [-0.1, -0.05) is 6.58 Å².